The van der Waals surface area contributed by atoms with Crippen molar-refractivity contribution >= 4 is 10.8 Å². The zero-order valence-electron chi connectivity index (χ0n) is 12.9. The van der Waals surface area contributed by atoms with Gasteiger partial charge in [0.05, 0.1) is 0 Å². The maximum atomic E-state index is 3.73. The Morgan fingerprint density at radius 2 is 1.75 bits per heavy atom. The van der Waals surface area contributed by atoms with Gasteiger partial charge in [-0.15, -0.1) is 0 Å². The molecule has 0 N–H and O–H groups in total. The second-order valence-corrected chi connectivity index (χ2v) is 5.97. The number of benzene rings is 1. The first-order valence-electron chi connectivity index (χ1n) is 7.11. The molecule has 0 aliphatic carbocycles. The fourth-order valence-electron chi connectivity index (χ4n) is 2.19. The standard InChI is InChI=1S/C19H24.V/c1-7-8-16(6)9-10-17-11-12-18(14(2)3)19(13-17)15(4)5;/h6-15H,1H2,2-5H3;. The molecule has 0 unspecified atom stereocenters. The summed E-state index contributed by atoms with van der Waals surface area (Å²) in [4.78, 5) is 0. The zero-order valence-corrected chi connectivity index (χ0v) is 14.3. The first-order valence-corrected chi connectivity index (χ1v) is 7.92. The molecule has 1 rings (SSSR count). The second-order valence-electron chi connectivity index (χ2n) is 5.56. The molecule has 0 aliphatic rings. The van der Waals surface area contributed by atoms with Crippen molar-refractivity contribution in [3.05, 3.63) is 65.3 Å². The van der Waals surface area contributed by atoms with Crippen LogP contribution in [0.15, 0.2) is 48.6 Å². The quantitative estimate of drug-likeness (QED) is 0.617. The molecule has 0 amide bonds. The average Bonchev–Trinajstić information content (AvgIpc) is 2.42. The average molecular weight is 303 g/mol. The van der Waals surface area contributed by atoms with Crippen LogP contribution in [-0.2, 0) is 17.0 Å². The molecule has 20 heavy (non-hydrogen) atoms. The first-order chi connectivity index (χ1) is 9.49. The molecule has 0 atom stereocenters. The molecule has 0 spiro atoms. The summed E-state index contributed by atoms with van der Waals surface area (Å²) >= 11 is 2.48. The van der Waals surface area contributed by atoms with Gasteiger partial charge >= 0.3 is 133 Å². The summed E-state index contributed by atoms with van der Waals surface area (Å²) in [5.74, 6) is 1.13. The van der Waals surface area contributed by atoms with Crippen LogP contribution in [0.5, 0.6) is 0 Å². The minimum absolute atomic E-state index is 0.554. The third-order valence-corrected chi connectivity index (χ3v) is 3.75. The van der Waals surface area contributed by atoms with Gasteiger partial charge in [-0.3, -0.25) is 0 Å². The van der Waals surface area contributed by atoms with Crippen molar-refractivity contribution in [3.8, 4) is 0 Å². The maximum absolute atomic E-state index is 3.73. The first kappa shape index (κ1) is 16.9. The molecule has 0 fully saturated rings. The summed E-state index contributed by atoms with van der Waals surface area (Å²) in [6.45, 7) is 12.8. The molecule has 1 heteroatoms. The third-order valence-electron chi connectivity index (χ3n) is 3.28. The van der Waals surface area contributed by atoms with Gasteiger partial charge < -0.3 is 0 Å². The van der Waals surface area contributed by atoms with Crippen LogP contribution in [0.4, 0.5) is 0 Å². The summed E-state index contributed by atoms with van der Waals surface area (Å²) in [7, 11) is 0. The summed E-state index contributed by atoms with van der Waals surface area (Å²) in [6.07, 6.45) is 8.09. The normalized spacial score (nSPS) is 12.3. The van der Waals surface area contributed by atoms with E-state index in [-0.39, 0.29) is 0 Å². The molecule has 1 aromatic carbocycles. The van der Waals surface area contributed by atoms with E-state index in [2.05, 4.69) is 81.6 Å². The molecule has 0 bridgehead atoms. The molecular weight excluding hydrogens is 279 g/mol. The van der Waals surface area contributed by atoms with Crippen LogP contribution in [0.3, 0.4) is 0 Å². The number of hydrogen-bond acceptors (Lipinski definition) is 0. The Balaban J connectivity index is 3.12. The van der Waals surface area contributed by atoms with E-state index < -0.39 is 0 Å². The topological polar surface area (TPSA) is 0 Å². The van der Waals surface area contributed by atoms with Gasteiger partial charge in [0.2, 0.25) is 0 Å². The predicted molar refractivity (Wildman–Crippen MR) is 88.0 cm³/mol. The summed E-state index contributed by atoms with van der Waals surface area (Å²) in [5.41, 5.74) is 5.31. The van der Waals surface area contributed by atoms with Crippen LogP contribution in [0.25, 0.3) is 6.08 Å². The van der Waals surface area contributed by atoms with E-state index in [0.717, 1.165) is 5.57 Å². The Labute approximate surface area is 132 Å². The number of rotatable bonds is 6. The SMILES string of the molecule is C=CC=C([CH]=[V])C=Cc1ccc(C(C)C)c(C(C)C)c1. The monoisotopic (exact) mass is 303 g/mol. The van der Waals surface area contributed by atoms with Gasteiger partial charge in [0.1, 0.15) is 0 Å². The van der Waals surface area contributed by atoms with E-state index in [0.29, 0.717) is 11.8 Å². The molecule has 1 aromatic rings. The van der Waals surface area contributed by atoms with E-state index in [1.807, 2.05) is 16.9 Å². The van der Waals surface area contributed by atoms with Crippen molar-refractivity contribution in [2.75, 3.05) is 0 Å². The van der Waals surface area contributed by atoms with Gasteiger partial charge in [-0.25, -0.2) is 0 Å². The van der Waals surface area contributed by atoms with Gasteiger partial charge in [0.25, 0.3) is 0 Å². The van der Waals surface area contributed by atoms with Crippen molar-refractivity contribution in [2.24, 2.45) is 0 Å². The van der Waals surface area contributed by atoms with Gasteiger partial charge in [0, 0.05) is 0 Å². The van der Waals surface area contributed by atoms with Crippen LogP contribution >= 0.6 is 0 Å². The molecule has 0 radical (unpaired) electrons. The Kier molecular flexibility index (Phi) is 6.98. The van der Waals surface area contributed by atoms with Crippen LogP contribution in [0.1, 0.15) is 56.2 Å². The number of allylic oxidation sites excluding steroid dienone is 4. The summed E-state index contributed by atoms with van der Waals surface area (Å²) in [6, 6.07) is 6.78. The van der Waals surface area contributed by atoms with Crippen LogP contribution in [-0.4, -0.2) is 4.73 Å². The zero-order chi connectivity index (χ0) is 15.1. The van der Waals surface area contributed by atoms with E-state index in [9.17, 15) is 0 Å². The second kappa shape index (κ2) is 8.24. The van der Waals surface area contributed by atoms with Crippen LogP contribution < -0.4 is 0 Å². The Bertz CT molecular complexity index is 531. The molecule has 0 saturated heterocycles. The molecule has 0 heterocycles. The van der Waals surface area contributed by atoms with Crippen molar-refractivity contribution in [3.63, 3.8) is 0 Å². The van der Waals surface area contributed by atoms with Crippen molar-refractivity contribution in [1.82, 2.24) is 0 Å². The predicted octanol–water partition coefficient (Wildman–Crippen LogP) is 5.41. The molecule has 0 aliphatic heterocycles. The van der Waals surface area contributed by atoms with E-state index >= 15 is 0 Å². The van der Waals surface area contributed by atoms with E-state index in [1.54, 1.807) is 0 Å². The van der Waals surface area contributed by atoms with Gasteiger partial charge in [-0.05, 0) is 0 Å². The van der Waals surface area contributed by atoms with E-state index in [4.69, 9.17) is 0 Å². The molecule has 105 valence electrons. The Hall–Kier alpha value is -1.11. The Morgan fingerprint density at radius 1 is 1.10 bits per heavy atom. The van der Waals surface area contributed by atoms with Crippen molar-refractivity contribution < 1.29 is 17.0 Å². The van der Waals surface area contributed by atoms with Crippen molar-refractivity contribution in [1.29, 1.82) is 0 Å². The Morgan fingerprint density at radius 3 is 2.25 bits per heavy atom. The van der Waals surface area contributed by atoms with E-state index in [1.165, 1.54) is 16.7 Å². The summed E-state index contributed by atoms with van der Waals surface area (Å²) in [5, 5.41) is 0. The number of hydrogen-bond donors (Lipinski definition) is 0. The van der Waals surface area contributed by atoms with Crippen LogP contribution in [0.2, 0.25) is 0 Å². The van der Waals surface area contributed by atoms with Gasteiger partial charge in [-0.2, -0.15) is 0 Å². The molecule has 0 nitrogen and oxygen atoms in total. The minimum atomic E-state index is 0.554. The third kappa shape index (κ3) is 4.78. The molecule has 0 aromatic heterocycles. The molecule has 0 saturated carbocycles. The fraction of sp³-hybridized carbons (Fsp3) is 0.316. The summed E-state index contributed by atoms with van der Waals surface area (Å²) < 4.78 is 2.02. The van der Waals surface area contributed by atoms with Gasteiger partial charge in [-0.1, -0.05) is 0 Å². The van der Waals surface area contributed by atoms with Gasteiger partial charge in [0.15, 0.2) is 0 Å². The molecular formula is C19H24V. The van der Waals surface area contributed by atoms with Crippen LogP contribution in [0, 0.1) is 0 Å². The van der Waals surface area contributed by atoms with Crippen molar-refractivity contribution in [2.45, 2.75) is 39.5 Å². The fourth-order valence-corrected chi connectivity index (χ4v) is 2.46.